The minimum atomic E-state index is -0.358. The zero-order valence-electron chi connectivity index (χ0n) is 12.8. The molecule has 8 nitrogen and oxygen atoms in total. The SMILES string of the molecule is N#Cc1cc2c(N)c(C(=O)Nc3ccc4c(c3)OCO4)sc2[nH+]c1N. The highest BCUT2D eigenvalue weighted by Crippen LogP contribution is 2.36. The van der Waals surface area contributed by atoms with Crippen molar-refractivity contribution in [3.63, 3.8) is 0 Å². The largest absolute Gasteiger partial charge is 0.454 e. The van der Waals surface area contributed by atoms with Crippen LogP contribution in [0.3, 0.4) is 0 Å². The number of anilines is 3. The maximum atomic E-state index is 12.6. The van der Waals surface area contributed by atoms with Crippen LogP contribution in [0.5, 0.6) is 11.5 Å². The number of aromatic amines is 1. The minimum absolute atomic E-state index is 0.161. The number of ether oxygens (including phenoxy) is 2. The third kappa shape index (κ3) is 2.45. The number of hydrogen-bond donors (Lipinski definition) is 3. The van der Waals surface area contributed by atoms with Gasteiger partial charge in [-0.25, -0.2) is 4.98 Å². The fourth-order valence-corrected chi connectivity index (χ4v) is 3.54. The summed E-state index contributed by atoms with van der Waals surface area (Å²) in [4.78, 5) is 16.4. The average Bonchev–Trinajstić information content (AvgIpc) is 3.18. The summed E-state index contributed by atoms with van der Waals surface area (Å²) in [5, 5.41) is 12.4. The van der Waals surface area contributed by atoms with Gasteiger partial charge < -0.3 is 20.5 Å². The molecule has 2 aromatic heterocycles. The Bertz CT molecular complexity index is 1070. The Balaban J connectivity index is 1.68. The van der Waals surface area contributed by atoms with E-state index in [0.717, 1.165) is 0 Å². The highest BCUT2D eigenvalue weighted by molar-refractivity contribution is 7.20. The number of carbonyl (C=O) groups excluding carboxylic acids is 1. The molecule has 4 rings (SSSR count). The van der Waals surface area contributed by atoms with Gasteiger partial charge in [-0.15, -0.1) is 0 Å². The molecule has 0 atom stereocenters. The van der Waals surface area contributed by atoms with E-state index >= 15 is 0 Å². The quantitative estimate of drug-likeness (QED) is 0.641. The predicted octanol–water partition coefficient (Wildman–Crippen LogP) is 1.73. The summed E-state index contributed by atoms with van der Waals surface area (Å²) in [7, 11) is 0. The topological polar surface area (TPSA) is 138 Å². The van der Waals surface area contributed by atoms with Crippen LogP contribution in [0.2, 0.25) is 0 Å². The summed E-state index contributed by atoms with van der Waals surface area (Å²) in [6.45, 7) is 0.161. The van der Waals surface area contributed by atoms with Gasteiger partial charge in [0, 0.05) is 11.8 Å². The first-order valence-electron chi connectivity index (χ1n) is 7.21. The van der Waals surface area contributed by atoms with E-state index in [4.69, 9.17) is 26.2 Å². The maximum absolute atomic E-state index is 12.6. The summed E-state index contributed by atoms with van der Waals surface area (Å²) < 4.78 is 10.5. The van der Waals surface area contributed by atoms with Crippen LogP contribution >= 0.6 is 11.3 Å². The lowest BCUT2D eigenvalue weighted by molar-refractivity contribution is -0.323. The lowest BCUT2D eigenvalue weighted by Crippen LogP contribution is -2.12. The summed E-state index contributed by atoms with van der Waals surface area (Å²) >= 11 is 1.17. The van der Waals surface area contributed by atoms with Crippen LogP contribution in [0.4, 0.5) is 17.2 Å². The fourth-order valence-electron chi connectivity index (χ4n) is 2.53. The Morgan fingerprint density at radius 2 is 2.08 bits per heavy atom. The molecule has 6 N–H and O–H groups in total. The van der Waals surface area contributed by atoms with E-state index < -0.39 is 0 Å². The van der Waals surface area contributed by atoms with Crippen LogP contribution < -0.4 is 31.2 Å². The van der Waals surface area contributed by atoms with Gasteiger partial charge in [-0.05, 0) is 18.2 Å². The Morgan fingerprint density at radius 3 is 2.88 bits per heavy atom. The van der Waals surface area contributed by atoms with Crippen LogP contribution in [0, 0.1) is 11.3 Å². The smallest absolute Gasteiger partial charge is 0.289 e. The van der Waals surface area contributed by atoms with Crippen LogP contribution in [0.1, 0.15) is 15.2 Å². The van der Waals surface area contributed by atoms with Gasteiger partial charge in [-0.1, -0.05) is 11.3 Å². The molecule has 1 aromatic carbocycles. The van der Waals surface area contributed by atoms with Crippen LogP contribution in [-0.2, 0) is 0 Å². The lowest BCUT2D eigenvalue weighted by atomic mass is 10.2. The van der Waals surface area contributed by atoms with Crippen molar-refractivity contribution in [2.75, 3.05) is 23.6 Å². The average molecular weight is 354 g/mol. The number of thiophene rings is 1. The number of nitriles is 1. The molecule has 124 valence electrons. The van der Waals surface area contributed by atoms with Crippen molar-refractivity contribution in [1.82, 2.24) is 0 Å². The third-order valence-corrected chi connectivity index (χ3v) is 4.90. The Labute approximate surface area is 145 Å². The van der Waals surface area contributed by atoms with Gasteiger partial charge in [0.25, 0.3) is 11.7 Å². The number of H-pyrrole nitrogens is 1. The van der Waals surface area contributed by atoms with Gasteiger partial charge in [-0.2, -0.15) is 5.26 Å². The fraction of sp³-hybridized carbons (Fsp3) is 0.0625. The second-order valence-corrected chi connectivity index (χ2v) is 6.34. The highest BCUT2D eigenvalue weighted by Gasteiger charge is 2.22. The summed E-state index contributed by atoms with van der Waals surface area (Å²) in [5.74, 6) is 1.08. The molecule has 0 saturated heterocycles. The Morgan fingerprint density at radius 1 is 1.28 bits per heavy atom. The monoisotopic (exact) mass is 354 g/mol. The van der Waals surface area contributed by atoms with Gasteiger partial charge in [0.2, 0.25) is 6.79 Å². The first-order chi connectivity index (χ1) is 12.1. The maximum Gasteiger partial charge on any atom is 0.289 e. The molecule has 3 aromatic rings. The van der Waals surface area contributed by atoms with Crippen molar-refractivity contribution < 1.29 is 19.3 Å². The van der Waals surface area contributed by atoms with Crippen molar-refractivity contribution >= 4 is 44.7 Å². The van der Waals surface area contributed by atoms with E-state index in [-0.39, 0.29) is 24.1 Å². The van der Waals surface area contributed by atoms with Crippen molar-refractivity contribution in [2.45, 2.75) is 0 Å². The Kier molecular flexibility index (Phi) is 3.33. The van der Waals surface area contributed by atoms with E-state index in [1.54, 1.807) is 24.3 Å². The van der Waals surface area contributed by atoms with Gasteiger partial charge in [-0.3, -0.25) is 10.5 Å². The van der Waals surface area contributed by atoms with E-state index in [9.17, 15) is 4.79 Å². The molecule has 0 radical (unpaired) electrons. The molecule has 3 heterocycles. The summed E-state index contributed by atoms with van der Waals surface area (Å²) in [6, 6.07) is 8.68. The van der Waals surface area contributed by atoms with Crippen LogP contribution in [0.25, 0.3) is 10.2 Å². The zero-order valence-corrected chi connectivity index (χ0v) is 13.6. The minimum Gasteiger partial charge on any atom is -0.454 e. The Hall–Kier alpha value is -3.51. The molecule has 25 heavy (non-hydrogen) atoms. The lowest BCUT2D eigenvalue weighted by Gasteiger charge is -2.05. The van der Waals surface area contributed by atoms with Gasteiger partial charge >= 0.3 is 0 Å². The standard InChI is InChI=1S/C16H11N5O3S/c17-5-7-3-9-12(18)13(25-16(9)21-14(7)19)15(22)20-8-1-2-10-11(4-8)24-6-23-10/h1-4H,6,18H2,(H2,19,21)(H,20,22)/p+1. The van der Waals surface area contributed by atoms with E-state index in [0.29, 0.717) is 38.0 Å². The number of amides is 1. The van der Waals surface area contributed by atoms with E-state index in [1.165, 1.54) is 11.3 Å². The number of pyridine rings is 1. The van der Waals surface area contributed by atoms with Crippen molar-refractivity contribution in [3.8, 4) is 17.6 Å². The number of hydrogen-bond acceptors (Lipinski definition) is 7. The predicted molar refractivity (Wildman–Crippen MR) is 92.4 cm³/mol. The molecule has 1 aliphatic heterocycles. The molecule has 1 aliphatic rings. The van der Waals surface area contributed by atoms with E-state index in [1.807, 2.05) is 6.07 Å². The molecule has 0 unspecified atom stereocenters. The number of carbonyl (C=O) groups is 1. The number of rotatable bonds is 2. The van der Waals surface area contributed by atoms with Gasteiger partial charge in [0.05, 0.1) is 11.1 Å². The molecule has 1 amide bonds. The first-order valence-corrected chi connectivity index (χ1v) is 8.03. The van der Waals surface area contributed by atoms with Crippen LogP contribution in [-0.4, -0.2) is 12.7 Å². The zero-order chi connectivity index (χ0) is 17.6. The van der Waals surface area contributed by atoms with Crippen molar-refractivity contribution in [2.24, 2.45) is 0 Å². The highest BCUT2D eigenvalue weighted by atomic mass is 32.1. The number of nitrogens with zero attached hydrogens (tertiary/aromatic N) is 1. The number of nitrogen functional groups attached to an aromatic ring is 2. The normalized spacial score (nSPS) is 12.1. The van der Waals surface area contributed by atoms with Crippen molar-refractivity contribution in [1.29, 1.82) is 5.26 Å². The molecule has 0 aliphatic carbocycles. The molecule has 0 fully saturated rings. The molecule has 0 saturated carbocycles. The van der Waals surface area contributed by atoms with Gasteiger partial charge in [0.1, 0.15) is 16.5 Å². The molecular weight excluding hydrogens is 342 g/mol. The first kappa shape index (κ1) is 15.0. The number of nitrogens with one attached hydrogen (secondary N) is 2. The van der Waals surface area contributed by atoms with Crippen molar-refractivity contribution in [3.05, 3.63) is 34.7 Å². The summed E-state index contributed by atoms with van der Waals surface area (Å²) in [6.07, 6.45) is 0. The second kappa shape index (κ2) is 5.54. The number of aromatic nitrogens is 1. The number of fused-ring (bicyclic) bond motifs is 2. The number of benzene rings is 1. The number of nitrogens with two attached hydrogens (primary N) is 2. The molecule has 9 heteroatoms. The van der Waals surface area contributed by atoms with Crippen LogP contribution in [0.15, 0.2) is 24.3 Å². The molecular formula is C16H12N5O3S+. The van der Waals surface area contributed by atoms with E-state index in [2.05, 4.69) is 10.3 Å². The van der Waals surface area contributed by atoms with Gasteiger partial charge in [0.15, 0.2) is 16.3 Å². The second-order valence-electron chi connectivity index (χ2n) is 5.32. The molecule has 0 bridgehead atoms. The molecule has 0 spiro atoms. The summed E-state index contributed by atoms with van der Waals surface area (Å²) in [5.41, 5.74) is 13.0. The third-order valence-electron chi connectivity index (χ3n) is 3.77.